The third kappa shape index (κ3) is 2.23. The molecule has 0 atom stereocenters. The summed E-state index contributed by atoms with van der Waals surface area (Å²) in [6, 6.07) is 21.4. The van der Waals surface area contributed by atoms with Crippen molar-refractivity contribution in [1.82, 2.24) is 0 Å². The summed E-state index contributed by atoms with van der Waals surface area (Å²) in [6.45, 7) is 0. The van der Waals surface area contributed by atoms with Crippen LogP contribution in [0.15, 0.2) is 60.7 Å². The minimum absolute atomic E-state index is 0. The zero-order chi connectivity index (χ0) is 9.38. The van der Waals surface area contributed by atoms with Crippen LogP contribution < -0.4 is 0 Å². The van der Waals surface area contributed by atoms with Crippen molar-refractivity contribution < 1.29 is 0 Å². The van der Waals surface area contributed by atoms with E-state index < -0.39 is 0 Å². The normalized spacial score (nSPS) is 10.1. The summed E-state index contributed by atoms with van der Waals surface area (Å²) >= 11 is 0. The van der Waals surface area contributed by atoms with Crippen LogP contribution in [0.4, 0.5) is 0 Å². The van der Waals surface area contributed by atoms with Crippen LogP contribution in [0.3, 0.4) is 0 Å². The van der Waals surface area contributed by atoms with E-state index in [1.54, 1.807) is 0 Å². The van der Waals surface area contributed by atoms with Gasteiger partial charge in [0.15, 0.2) is 0 Å². The van der Waals surface area contributed by atoms with Crippen LogP contribution in [-0.4, -0.2) is 58.2 Å². The van der Waals surface area contributed by atoms with Crippen molar-refractivity contribution in [3.05, 3.63) is 60.7 Å². The minimum Gasteiger partial charge on any atom is -0.0616 e. The Hall–Kier alpha value is -0.0148. The molecule has 0 saturated heterocycles. The average molecular weight is 265 g/mol. The molecule has 0 aliphatic heterocycles. The fourth-order valence-corrected chi connectivity index (χ4v) is 1.88. The molecule has 1 heteroatoms. The summed E-state index contributed by atoms with van der Waals surface area (Å²) in [5.41, 5.74) is 0. The van der Waals surface area contributed by atoms with Gasteiger partial charge in [-0.25, -0.2) is 0 Å². The average Bonchev–Trinajstić information content (AvgIpc) is 2.26. The van der Waals surface area contributed by atoms with Crippen LogP contribution in [0, 0.1) is 0 Å². The number of fused-ring (bicyclic) bond motifs is 2. The number of hydrogen-bond donors (Lipinski definition) is 0. The first-order valence-electron chi connectivity index (χ1n) is 4.81. The molecule has 0 saturated carbocycles. The maximum atomic E-state index is 2.24. The largest absolute Gasteiger partial charge is 0.0616 e. The zero-order valence-corrected chi connectivity index (χ0v) is 7.77. The Morgan fingerprint density at radius 3 is 1.00 bits per heavy atom. The Balaban J connectivity index is 0.000000853. The van der Waals surface area contributed by atoms with E-state index >= 15 is 0 Å². The molecular formula is C14H11Rb. The number of hydrogen-bond acceptors (Lipinski definition) is 0. The summed E-state index contributed by atoms with van der Waals surface area (Å²) < 4.78 is 0. The molecule has 0 nitrogen and oxygen atoms in total. The SMILES string of the molecule is [RbH].c1ccc2cc3ccccc3cc2c1. The molecule has 15 heavy (non-hydrogen) atoms. The summed E-state index contributed by atoms with van der Waals surface area (Å²) in [6.07, 6.45) is 0. The standard InChI is InChI=1S/C14H10.Rb.H/c1-2-6-12-10-14-8-4-3-7-13(14)9-11(12)5-1;;/h1-10H;;. The third-order valence-electron chi connectivity index (χ3n) is 2.61. The summed E-state index contributed by atoms with van der Waals surface area (Å²) in [7, 11) is 0. The Bertz CT molecular complexity index is 494. The molecule has 0 amide bonds. The van der Waals surface area contributed by atoms with Gasteiger partial charge < -0.3 is 0 Å². The molecule has 0 aromatic heterocycles. The molecule has 0 radical (unpaired) electrons. The Morgan fingerprint density at radius 1 is 0.467 bits per heavy atom. The van der Waals surface area contributed by atoms with E-state index in [1.165, 1.54) is 21.5 Å². The molecule has 3 rings (SSSR count). The Morgan fingerprint density at radius 2 is 0.733 bits per heavy atom. The molecular weight excluding hydrogens is 254 g/mol. The van der Waals surface area contributed by atoms with Crippen molar-refractivity contribution in [2.45, 2.75) is 0 Å². The fraction of sp³-hybridized carbons (Fsp3) is 0. The van der Waals surface area contributed by atoms with Crippen LogP contribution >= 0.6 is 0 Å². The summed E-state index contributed by atoms with van der Waals surface area (Å²) in [4.78, 5) is 0. The first-order valence-corrected chi connectivity index (χ1v) is 4.81. The van der Waals surface area contributed by atoms with Crippen LogP contribution in [0.2, 0.25) is 0 Å². The molecule has 68 valence electrons. The predicted octanol–water partition coefficient (Wildman–Crippen LogP) is 3.34. The predicted molar refractivity (Wildman–Crippen MR) is 68.6 cm³/mol. The minimum atomic E-state index is 0. The quantitative estimate of drug-likeness (QED) is 0.546. The molecule has 0 unspecified atom stereocenters. The molecule has 3 aromatic rings. The summed E-state index contributed by atoms with van der Waals surface area (Å²) in [5, 5.41) is 5.25. The van der Waals surface area contributed by atoms with Crippen LogP contribution in [0.25, 0.3) is 21.5 Å². The third-order valence-corrected chi connectivity index (χ3v) is 2.61. The van der Waals surface area contributed by atoms with Crippen molar-refractivity contribution in [2.24, 2.45) is 0 Å². The van der Waals surface area contributed by atoms with Gasteiger partial charge in [0.25, 0.3) is 0 Å². The Labute approximate surface area is 138 Å². The molecule has 0 fully saturated rings. The molecule has 0 N–H and O–H groups in total. The Kier molecular flexibility index (Phi) is 3.73. The van der Waals surface area contributed by atoms with E-state index in [1.807, 2.05) is 0 Å². The van der Waals surface area contributed by atoms with Gasteiger partial charge in [-0.15, -0.1) is 0 Å². The van der Waals surface area contributed by atoms with Crippen molar-refractivity contribution in [1.29, 1.82) is 0 Å². The second-order valence-electron chi connectivity index (χ2n) is 3.55. The first-order chi connectivity index (χ1) is 6.93. The van der Waals surface area contributed by atoms with E-state index in [2.05, 4.69) is 60.7 Å². The monoisotopic (exact) mass is 264 g/mol. The van der Waals surface area contributed by atoms with Crippen molar-refractivity contribution in [2.75, 3.05) is 0 Å². The number of benzene rings is 3. The maximum absolute atomic E-state index is 2.24. The van der Waals surface area contributed by atoms with E-state index in [9.17, 15) is 0 Å². The molecule has 0 heterocycles. The molecule has 0 spiro atoms. The molecule has 0 aliphatic carbocycles. The maximum Gasteiger partial charge on any atom is -0.0178 e. The van der Waals surface area contributed by atoms with Gasteiger partial charge >= 0.3 is 58.2 Å². The molecule has 3 aromatic carbocycles. The van der Waals surface area contributed by atoms with Crippen molar-refractivity contribution >= 4 is 79.7 Å². The van der Waals surface area contributed by atoms with E-state index in [-0.39, 0.29) is 58.2 Å². The number of rotatable bonds is 0. The smallest absolute Gasteiger partial charge is 0.0178 e. The van der Waals surface area contributed by atoms with Crippen molar-refractivity contribution in [3.63, 3.8) is 0 Å². The van der Waals surface area contributed by atoms with Gasteiger partial charge in [0.05, 0.1) is 0 Å². The van der Waals surface area contributed by atoms with E-state index in [0.29, 0.717) is 0 Å². The van der Waals surface area contributed by atoms with Crippen LogP contribution in [-0.2, 0) is 0 Å². The van der Waals surface area contributed by atoms with E-state index in [4.69, 9.17) is 0 Å². The van der Waals surface area contributed by atoms with Gasteiger partial charge in [0.2, 0.25) is 0 Å². The van der Waals surface area contributed by atoms with Crippen LogP contribution in [0.5, 0.6) is 0 Å². The first kappa shape index (κ1) is 11.5. The van der Waals surface area contributed by atoms with Gasteiger partial charge in [-0.1, -0.05) is 48.5 Å². The second kappa shape index (κ2) is 4.88. The zero-order valence-electron chi connectivity index (χ0n) is 7.77. The topological polar surface area (TPSA) is 0 Å². The van der Waals surface area contributed by atoms with Gasteiger partial charge in [0, 0.05) is 0 Å². The van der Waals surface area contributed by atoms with Crippen molar-refractivity contribution in [3.8, 4) is 0 Å². The van der Waals surface area contributed by atoms with Gasteiger partial charge in [-0.3, -0.25) is 0 Å². The van der Waals surface area contributed by atoms with Gasteiger partial charge in [-0.05, 0) is 33.7 Å². The van der Waals surface area contributed by atoms with Gasteiger partial charge in [-0.2, -0.15) is 0 Å². The summed E-state index contributed by atoms with van der Waals surface area (Å²) in [5.74, 6) is 0. The van der Waals surface area contributed by atoms with Crippen LogP contribution in [0.1, 0.15) is 0 Å². The fourth-order valence-electron chi connectivity index (χ4n) is 1.88. The van der Waals surface area contributed by atoms with E-state index in [0.717, 1.165) is 0 Å². The molecule has 0 bridgehead atoms. The molecule has 0 aliphatic rings. The second-order valence-corrected chi connectivity index (χ2v) is 3.55. The van der Waals surface area contributed by atoms with Gasteiger partial charge in [0.1, 0.15) is 0 Å².